The number of amides is 2. The molecule has 3 N–H and O–H groups in total. The Balaban J connectivity index is 1.58. The summed E-state index contributed by atoms with van der Waals surface area (Å²) in [5.41, 5.74) is 3.06. The predicted molar refractivity (Wildman–Crippen MR) is 86.3 cm³/mol. The third-order valence-corrected chi connectivity index (χ3v) is 3.83. The fourth-order valence-corrected chi connectivity index (χ4v) is 2.51. The van der Waals surface area contributed by atoms with Crippen LogP contribution in [0.5, 0.6) is 0 Å². The van der Waals surface area contributed by atoms with Crippen LogP contribution >= 0.6 is 0 Å². The van der Waals surface area contributed by atoms with Crippen LogP contribution < -0.4 is 10.6 Å². The normalized spacial score (nSPS) is 17.6. The van der Waals surface area contributed by atoms with Gasteiger partial charge in [-0.1, -0.05) is 31.2 Å². The SMILES string of the molecule is CC1CC=CC=C1CNC(=O)Nc1ccc2cc[nH]c2c1. The van der Waals surface area contributed by atoms with Crippen molar-refractivity contribution < 1.29 is 4.79 Å². The molecule has 1 aliphatic carbocycles. The zero-order valence-corrected chi connectivity index (χ0v) is 12.0. The molecule has 1 unspecified atom stereocenters. The maximum absolute atomic E-state index is 12.0. The lowest BCUT2D eigenvalue weighted by Gasteiger charge is -2.17. The van der Waals surface area contributed by atoms with Crippen LogP contribution in [0.15, 0.2) is 54.3 Å². The second kappa shape index (κ2) is 5.87. The van der Waals surface area contributed by atoms with E-state index in [1.54, 1.807) is 0 Å². The third kappa shape index (κ3) is 3.16. The molecule has 0 saturated carbocycles. The zero-order chi connectivity index (χ0) is 14.7. The summed E-state index contributed by atoms with van der Waals surface area (Å²) in [5, 5.41) is 6.91. The van der Waals surface area contributed by atoms with Crippen LogP contribution in [-0.2, 0) is 0 Å². The summed E-state index contributed by atoms with van der Waals surface area (Å²) in [7, 11) is 0. The standard InChI is InChI=1S/C17H19N3O/c1-12-4-2-3-5-14(12)11-19-17(21)20-15-7-6-13-8-9-18-16(13)10-15/h2-3,5-10,12,18H,4,11H2,1H3,(H2,19,20,21). The minimum absolute atomic E-state index is 0.177. The molecule has 4 nitrogen and oxygen atoms in total. The molecule has 0 spiro atoms. The molecular formula is C17H19N3O. The molecule has 108 valence electrons. The van der Waals surface area contributed by atoms with Crippen molar-refractivity contribution in [1.82, 2.24) is 10.3 Å². The molecule has 0 aliphatic heterocycles. The molecule has 1 aromatic carbocycles. The fraction of sp³-hybridized carbons (Fsp3) is 0.235. The van der Waals surface area contributed by atoms with Crippen LogP contribution in [0.4, 0.5) is 10.5 Å². The molecule has 1 atom stereocenters. The van der Waals surface area contributed by atoms with Crippen LogP contribution in [0, 0.1) is 5.92 Å². The topological polar surface area (TPSA) is 56.9 Å². The minimum atomic E-state index is -0.177. The molecule has 2 aromatic rings. The van der Waals surface area contributed by atoms with Gasteiger partial charge in [0, 0.05) is 23.9 Å². The van der Waals surface area contributed by atoms with E-state index in [1.165, 1.54) is 5.57 Å². The molecule has 3 rings (SSSR count). The van der Waals surface area contributed by atoms with Crippen molar-refractivity contribution in [2.75, 3.05) is 11.9 Å². The summed E-state index contributed by atoms with van der Waals surface area (Å²) in [6.07, 6.45) is 9.21. The molecular weight excluding hydrogens is 262 g/mol. The number of anilines is 1. The van der Waals surface area contributed by atoms with Crippen molar-refractivity contribution in [2.24, 2.45) is 5.92 Å². The summed E-state index contributed by atoms with van der Waals surface area (Å²) in [6, 6.07) is 7.64. The lowest BCUT2D eigenvalue weighted by atomic mass is 9.93. The van der Waals surface area contributed by atoms with Crippen LogP contribution in [0.1, 0.15) is 13.3 Å². The number of aromatic amines is 1. The molecule has 2 amide bonds. The lowest BCUT2D eigenvalue weighted by Crippen LogP contribution is -2.31. The van der Waals surface area contributed by atoms with Crippen LogP contribution in [0.2, 0.25) is 0 Å². The largest absolute Gasteiger partial charge is 0.361 e. The van der Waals surface area contributed by atoms with E-state index >= 15 is 0 Å². The number of urea groups is 1. The zero-order valence-electron chi connectivity index (χ0n) is 12.0. The van der Waals surface area contributed by atoms with E-state index in [2.05, 4.69) is 34.7 Å². The minimum Gasteiger partial charge on any atom is -0.361 e. The number of rotatable bonds is 3. The maximum atomic E-state index is 12.0. The Morgan fingerprint density at radius 3 is 3.14 bits per heavy atom. The van der Waals surface area contributed by atoms with Gasteiger partial charge < -0.3 is 15.6 Å². The van der Waals surface area contributed by atoms with Crippen molar-refractivity contribution in [3.63, 3.8) is 0 Å². The van der Waals surface area contributed by atoms with Gasteiger partial charge >= 0.3 is 6.03 Å². The highest BCUT2D eigenvalue weighted by Gasteiger charge is 2.11. The number of fused-ring (bicyclic) bond motifs is 1. The molecule has 1 heterocycles. The van der Waals surface area contributed by atoms with Gasteiger partial charge in [0.25, 0.3) is 0 Å². The smallest absolute Gasteiger partial charge is 0.319 e. The summed E-state index contributed by atoms with van der Waals surface area (Å²) < 4.78 is 0. The van der Waals surface area contributed by atoms with E-state index in [0.717, 1.165) is 23.0 Å². The van der Waals surface area contributed by atoms with E-state index in [4.69, 9.17) is 0 Å². The Labute approximate surface area is 123 Å². The molecule has 1 aliphatic rings. The third-order valence-electron chi connectivity index (χ3n) is 3.83. The van der Waals surface area contributed by atoms with Crippen LogP contribution in [0.25, 0.3) is 10.9 Å². The van der Waals surface area contributed by atoms with E-state index in [9.17, 15) is 4.79 Å². The maximum Gasteiger partial charge on any atom is 0.319 e. The number of aromatic nitrogens is 1. The second-order valence-electron chi connectivity index (χ2n) is 5.39. The van der Waals surface area contributed by atoms with Gasteiger partial charge in [0.1, 0.15) is 0 Å². The molecule has 0 saturated heterocycles. The van der Waals surface area contributed by atoms with Gasteiger partial charge in [0.15, 0.2) is 0 Å². The summed E-state index contributed by atoms with van der Waals surface area (Å²) in [4.78, 5) is 15.1. The Bertz CT molecular complexity index is 712. The van der Waals surface area contributed by atoms with E-state index in [1.807, 2.05) is 36.5 Å². The van der Waals surface area contributed by atoms with Gasteiger partial charge in [-0.15, -0.1) is 0 Å². The summed E-state index contributed by atoms with van der Waals surface area (Å²) in [6.45, 7) is 2.76. The van der Waals surface area contributed by atoms with E-state index in [0.29, 0.717) is 12.5 Å². The highest BCUT2D eigenvalue weighted by molar-refractivity contribution is 5.92. The highest BCUT2D eigenvalue weighted by Crippen LogP contribution is 2.19. The number of nitrogens with one attached hydrogen (secondary N) is 3. The van der Waals surface area contributed by atoms with E-state index in [-0.39, 0.29) is 6.03 Å². The van der Waals surface area contributed by atoms with Crippen molar-refractivity contribution in [3.8, 4) is 0 Å². The predicted octanol–water partition coefficient (Wildman–Crippen LogP) is 3.81. The van der Waals surface area contributed by atoms with Crippen molar-refractivity contribution in [3.05, 3.63) is 54.3 Å². The summed E-state index contributed by atoms with van der Waals surface area (Å²) in [5.74, 6) is 0.491. The van der Waals surface area contributed by atoms with Crippen LogP contribution in [-0.4, -0.2) is 17.6 Å². The van der Waals surface area contributed by atoms with Gasteiger partial charge in [-0.05, 0) is 41.5 Å². The number of hydrogen-bond acceptors (Lipinski definition) is 1. The first-order chi connectivity index (χ1) is 10.2. The number of carbonyl (C=O) groups excluding carboxylic acids is 1. The lowest BCUT2D eigenvalue weighted by molar-refractivity contribution is 0.252. The molecule has 0 radical (unpaired) electrons. The van der Waals surface area contributed by atoms with Crippen LogP contribution in [0.3, 0.4) is 0 Å². The highest BCUT2D eigenvalue weighted by atomic mass is 16.2. The Morgan fingerprint density at radius 2 is 2.29 bits per heavy atom. The molecule has 0 fully saturated rings. The number of allylic oxidation sites excluding steroid dienone is 3. The number of benzene rings is 1. The van der Waals surface area contributed by atoms with Crippen molar-refractivity contribution in [1.29, 1.82) is 0 Å². The quantitative estimate of drug-likeness (QED) is 0.787. The molecule has 0 bridgehead atoms. The first-order valence-electron chi connectivity index (χ1n) is 7.20. The second-order valence-corrected chi connectivity index (χ2v) is 5.39. The molecule has 1 aromatic heterocycles. The Kier molecular flexibility index (Phi) is 3.77. The fourth-order valence-electron chi connectivity index (χ4n) is 2.51. The number of H-pyrrole nitrogens is 1. The first-order valence-corrected chi connectivity index (χ1v) is 7.20. The molecule has 4 heteroatoms. The monoisotopic (exact) mass is 281 g/mol. The van der Waals surface area contributed by atoms with Crippen molar-refractivity contribution >= 4 is 22.6 Å². The Hall–Kier alpha value is -2.49. The molecule has 21 heavy (non-hydrogen) atoms. The first kappa shape index (κ1) is 13.5. The Morgan fingerprint density at radius 1 is 1.38 bits per heavy atom. The van der Waals surface area contributed by atoms with Gasteiger partial charge in [-0.3, -0.25) is 0 Å². The average Bonchev–Trinajstić information content (AvgIpc) is 2.94. The van der Waals surface area contributed by atoms with Crippen molar-refractivity contribution in [2.45, 2.75) is 13.3 Å². The average molecular weight is 281 g/mol. The van der Waals surface area contributed by atoms with Gasteiger partial charge in [0.05, 0.1) is 0 Å². The van der Waals surface area contributed by atoms with Gasteiger partial charge in [-0.2, -0.15) is 0 Å². The van der Waals surface area contributed by atoms with Gasteiger partial charge in [0.2, 0.25) is 0 Å². The summed E-state index contributed by atoms with van der Waals surface area (Å²) >= 11 is 0. The number of hydrogen-bond donors (Lipinski definition) is 3. The number of carbonyl (C=O) groups is 1. The van der Waals surface area contributed by atoms with E-state index < -0.39 is 0 Å². The van der Waals surface area contributed by atoms with Gasteiger partial charge in [-0.25, -0.2) is 4.79 Å².